The van der Waals surface area contributed by atoms with Crippen LogP contribution in [-0.4, -0.2) is 11.6 Å². The molecule has 0 N–H and O–H groups in total. The van der Waals surface area contributed by atoms with Gasteiger partial charge in [-0.25, -0.2) is 0 Å². The molecule has 69 valence electrons. The number of ether oxygens (including phenoxy) is 1. The largest absolute Gasteiger partial charge is 0.551 e. The normalized spacial score (nSPS) is 12.1. The summed E-state index contributed by atoms with van der Waals surface area (Å²) in [7, 11) is 0. The molecule has 0 spiro atoms. The Hall–Kier alpha value is -1.16. The summed E-state index contributed by atoms with van der Waals surface area (Å²) in [6, 6.07) is 9.44. The lowest BCUT2D eigenvalue weighted by Crippen LogP contribution is -2.07. The molecule has 4 heteroatoms. The third kappa shape index (κ3) is 3.85. The van der Waals surface area contributed by atoms with Crippen LogP contribution in [0.15, 0.2) is 35.2 Å². The third-order valence-electron chi connectivity index (χ3n) is 1.31. The highest BCUT2D eigenvalue weighted by atomic mass is 32.2. The summed E-state index contributed by atoms with van der Waals surface area (Å²) in [6.07, 6.45) is -1.49. The van der Waals surface area contributed by atoms with Gasteiger partial charge in [-0.3, -0.25) is 0 Å². The molecule has 0 aliphatic heterocycles. The van der Waals surface area contributed by atoms with Gasteiger partial charge in [0, 0.05) is 4.90 Å². The van der Waals surface area contributed by atoms with E-state index in [1.165, 1.54) is 11.8 Å². The van der Waals surface area contributed by atoms with E-state index in [2.05, 4.69) is 4.74 Å². The Labute approximate surface area is 80.7 Å². The van der Waals surface area contributed by atoms with E-state index in [4.69, 9.17) is 0 Å². The fraction of sp³-hybridized carbons (Fsp3) is 0.222. The van der Waals surface area contributed by atoms with Gasteiger partial charge < -0.3 is 4.74 Å². The second-order valence-corrected chi connectivity index (χ2v) is 3.74. The first-order chi connectivity index (χ1) is 6.18. The number of rotatable bonds is 3. The molecule has 1 aromatic carbocycles. The minimum absolute atomic E-state index is 0.438. The number of benzene rings is 1. The molecule has 1 unspecified atom stereocenters. The quantitative estimate of drug-likeness (QED) is 0.425. The van der Waals surface area contributed by atoms with E-state index in [1.54, 1.807) is 6.92 Å². The second-order valence-electron chi connectivity index (χ2n) is 2.37. The summed E-state index contributed by atoms with van der Waals surface area (Å²) in [5, 5.41) is 10.1. The van der Waals surface area contributed by atoms with Gasteiger partial charge in [0.2, 0.25) is 0 Å². The maximum Gasteiger partial charge on any atom is 0.551 e. The summed E-state index contributed by atoms with van der Waals surface area (Å²) in [5.41, 5.74) is -0.438. The molecule has 0 amide bonds. The summed E-state index contributed by atoms with van der Waals surface area (Å²) in [5.74, 6) is 0. The van der Waals surface area contributed by atoms with Gasteiger partial charge in [-0.05, 0) is 19.1 Å². The third-order valence-corrected chi connectivity index (χ3v) is 2.28. The van der Waals surface area contributed by atoms with Gasteiger partial charge in [0.25, 0.3) is 0 Å². The number of carbonyl (C=O) groups is 1. The van der Waals surface area contributed by atoms with Crippen LogP contribution in [0, 0.1) is 0 Å². The Morgan fingerprint density at radius 3 is 2.54 bits per heavy atom. The van der Waals surface area contributed by atoms with Crippen molar-refractivity contribution in [1.82, 2.24) is 0 Å². The maximum absolute atomic E-state index is 10.1. The Morgan fingerprint density at radius 2 is 2.00 bits per heavy atom. The molecule has 0 fully saturated rings. The van der Waals surface area contributed by atoms with E-state index >= 15 is 0 Å². The summed E-state index contributed by atoms with van der Waals surface area (Å²) in [4.78, 5) is 11.0. The van der Waals surface area contributed by atoms with Gasteiger partial charge in [-0.15, -0.1) is 0 Å². The Balaban J connectivity index is 2.45. The second kappa shape index (κ2) is 4.77. The minimum atomic E-state index is -1.49. The van der Waals surface area contributed by atoms with E-state index in [9.17, 15) is 9.90 Å². The van der Waals surface area contributed by atoms with Crippen LogP contribution in [0.1, 0.15) is 6.92 Å². The first-order valence-electron chi connectivity index (χ1n) is 3.78. The zero-order valence-corrected chi connectivity index (χ0v) is 7.91. The zero-order chi connectivity index (χ0) is 9.68. The molecule has 1 aromatic rings. The molecule has 0 bridgehead atoms. The average Bonchev–Trinajstić information content (AvgIpc) is 2.04. The van der Waals surface area contributed by atoms with Crippen molar-refractivity contribution in [2.24, 2.45) is 0 Å². The molecule has 0 saturated carbocycles. The highest BCUT2D eigenvalue weighted by Gasteiger charge is 2.09. The van der Waals surface area contributed by atoms with Crippen LogP contribution in [-0.2, 0) is 9.84 Å². The molecule has 13 heavy (non-hydrogen) atoms. The fourth-order valence-electron chi connectivity index (χ4n) is 0.850. The van der Waals surface area contributed by atoms with Crippen LogP contribution in [0.2, 0.25) is 0 Å². The molecule has 0 aliphatic rings. The predicted octanol–water partition coefficient (Wildman–Crippen LogP) is 2.69. The van der Waals surface area contributed by atoms with E-state index < -0.39 is 11.6 Å². The van der Waals surface area contributed by atoms with Crippen LogP contribution in [0.25, 0.3) is 0 Å². The van der Waals surface area contributed by atoms with Crippen LogP contribution in [0.5, 0.6) is 0 Å². The Kier molecular flexibility index (Phi) is 3.64. The predicted molar refractivity (Wildman–Crippen MR) is 48.9 cm³/mol. The van der Waals surface area contributed by atoms with Crippen molar-refractivity contribution in [1.29, 1.82) is 0 Å². The van der Waals surface area contributed by atoms with Crippen LogP contribution >= 0.6 is 11.8 Å². The van der Waals surface area contributed by atoms with E-state index in [-0.39, 0.29) is 0 Å². The highest BCUT2D eigenvalue weighted by molar-refractivity contribution is 7.99. The summed E-state index contributed by atoms with van der Waals surface area (Å²) >= 11 is 1.33. The van der Waals surface area contributed by atoms with Crippen molar-refractivity contribution in [3.05, 3.63) is 30.3 Å². The van der Waals surface area contributed by atoms with Crippen molar-refractivity contribution in [2.45, 2.75) is 17.3 Å². The van der Waals surface area contributed by atoms with Crippen LogP contribution in [0.4, 0.5) is 4.79 Å². The highest BCUT2D eigenvalue weighted by Crippen LogP contribution is 2.23. The van der Waals surface area contributed by atoms with E-state index in [1.807, 2.05) is 30.3 Å². The van der Waals surface area contributed by atoms with Crippen molar-refractivity contribution in [2.75, 3.05) is 0 Å². The lowest BCUT2D eigenvalue weighted by molar-refractivity contribution is 0.0635. The number of hydrogen-bond acceptors (Lipinski definition) is 3. The van der Waals surface area contributed by atoms with Gasteiger partial charge in [0.1, 0.15) is 0 Å². The standard InChI is InChI=1S/C9H9O3S/c1-7(12-9(10)11)13-8-5-3-2-4-6-8/h2-7H,1H3. The van der Waals surface area contributed by atoms with Crippen molar-refractivity contribution in [3.8, 4) is 0 Å². The maximum atomic E-state index is 10.1. The number of carbonyl (C=O) groups excluding carboxylic acids is 1. The van der Waals surface area contributed by atoms with Crippen LogP contribution < -0.4 is 0 Å². The Bertz CT molecular complexity index is 273. The van der Waals surface area contributed by atoms with Gasteiger partial charge in [-0.1, -0.05) is 30.0 Å². The number of hydrogen-bond donors (Lipinski definition) is 0. The molecule has 0 aromatic heterocycles. The zero-order valence-electron chi connectivity index (χ0n) is 7.10. The topological polar surface area (TPSA) is 46.2 Å². The van der Waals surface area contributed by atoms with Crippen molar-refractivity contribution in [3.63, 3.8) is 0 Å². The van der Waals surface area contributed by atoms with Crippen LogP contribution in [0.3, 0.4) is 0 Å². The average molecular weight is 197 g/mol. The lowest BCUT2D eigenvalue weighted by atomic mass is 10.4. The lowest BCUT2D eigenvalue weighted by Gasteiger charge is -2.08. The van der Waals surface area contributed by atoms with Crippen molar-refractivity contribution < 1.29 is 14.6 Å². The van der Waals surface area contributed by atoms with E-state index in [0.717, 1.165) is 4.90 Å². The molecule has 0 heterocycles. The van der Waals surface area contributed by atoms with Gasteiger partial charge in [0.05, 0.1) is 0 Å². The number of thioether (sulfide) groups is 1. The van der Waals surface area contributed by atoms with E-state index in [0.29, 0.717) is 0 Å². The molecular formula is C9H9O3S. The summed E-state index contributed by atoms with van der Waals surface area (Å²) in [6.45, 7) is 1.66. The molecule has 1 atom stereocenters. The van der Waals surface area contributed by atoms with Gasteiger partial charge in [-0.2, -0.15) is 9.90 Å². The molecule has 0 aliphatic carbocycles. The van der Waals surface area contributed by atoms with Crippen molar-refractivity contribution >= 4 is 17.9 Å². The summed E-state index contributed by atoms with van der Waals surface area (Å²) < 4.78 is 4.42. The smallest absolute Gasteiger partial charge is 0.417 e. The monoisotopic (exact) mass is 197 g/mol. The molecule has 1 radical (unpaired) electrons. The Morgan fingerprint density at radius 1 is 1.38 bits per heavy atom. The fourth-order valence-corrected chi connectivity index (χ4v) is 1.67. The SMILES string of the molecule is CC(OC([O])=O)Sc1ccccc1. The van der Waals surface area contributed by atoms with Gasteiger partial charge in [0.15, 0.2) is 5.44 Å². The van der Waals surface area contributed by atoms with Gasteiger partial charge >= 0.3 is 6.16 Å². The molecule has 0 saturated heterocycles. The molecule has 1 rings (SSSR count). The first kappa shape index (κ1) is 9.92. The minimum Gasteiger partial charge on any atom is -0.417 e. The first-order valence-corrected chi connectivity index (χ1v) is 4.66. The molecule has 3 nitrogen and oxygen atoms in total. The molecular weight excluding hydrogens is 188 g/mol.